The first-order valence-corrected chi connectivity index (χ1v) is 6.64. The Morgan fingerprint density at radius 2 is 1.85 bits per heavy atom. The van der Waals surface area contributed by atoms with E-state index in [-0.39, 0.29) is 5.56 Å². The van der Waals surface area contributed by atoms with E-state index in [9.17, 15) is 4.79 Å². The van der Waals surface area contributed by atoms with Crippen LogP contribution in [-0.4, -0.2) is 4.98 Å². The fourth-order valence-corrected chi connectivity index (χ4v) is 2.31. The van der Waals surface area contributed by atoms with E-state index in [2.05, 4.69) is 10.3 Å². The van der Waals surface area contributed by atoms with E-state index >= 15 is 0 Å². The fraction of sp³-hybridized carbons (Fsp3) is 0.118. The van der Waals surface area contributed by atoms with Crippen molar-refractivity contribution in [2.45, 2.75) is 13.5 Å². The van der Waals surface area contributed by atoms with Crippen LogP contribution in [0.2, 0.25) is 0 Å². The van der Waals surface area contributed by atoms with Gasteiger partial charge in [-0.3, -0.25) is 4.79 Å². The second-order valence-corrected chi connectivity index (χ2v) is 4.88. The molecule has 1 aromatic heterocycles. The zero-order chi connectivity index (χ0) is 13.9. The van der Waals surface area contributed by atoms with E-state index in [1.807, 2.05) is 61.5 Å². The number of hydrogen-bond donors (Lipinski definition) is 2. The normalized spacial score (nSPS) is 10.7. The highest BCUT2D eigenvalue weighted by molar-refractivity contribution is 5.81. The molecule has 0 atom stereocenters. The van der Waals surface area contributed by atoms with Gasteiger partial charge >= 0.3 is 0 Å². The number of aromatic nitrogens is 1. The van der Waals surface area contributed by atoms with E-state index in [0.29, 0.717) is 6.54 Å². The predicted octanol–water partition coefficient (Wildman–Crippen LogP) is 3.45. The Morgan fingerprint density at radius 3 is 2.65 bits per heavy atom. The van der Waals surface area contributed by atoms with Gasteiger partial charge in [0.15, 0.2) is 0 Å². The molecule has 2 N–H and O–H groups in total. The minimum atomic E-state index is -0.0322. The molecular formula is C17H16N2O. The number of para-hydroxylation sites is 2. The number of benzene rings is 2. The summed E-state index contributed by atoms with van der Waals surface area (Å²) in [5, 5.41) is 4.33. The smallest absolute Gasteiger partial charge is 0.253 e. The van der Waals surface area contributed by atoms with Gasteiger partial charge in [-0.1, -0.05) is 36.4 Å². The van der Waals surface area contributed by atoms with Crippen LogP contribution in [0.5, 0.6) is 0 Å². The molecule has 2 aromatic carbocycles. The Hall–Kier alpha value is -2.55. The van der Waals surface area contributed by atoms with Gasteiger partial charge in [-0.05, 0) is 36.1 Å². The van der Waals surface area contributed by atoms with Gasteiger partial charge in [0.1, 0.15) is 0 Å². The lowest BCUT2D eigenvalue weighted by atomic mass is 10.1. The third-order valence-electron chi connectivity index (χ3n) is 3.42. The summed E-state index contributed by atoms with van der Waals surface area (Å²) in [5.41, 5.74) is 3.72. The monoisotopic (exact) mass is 264 g/mol. The molecule has 20 heavy (non-hydrogen) atoms. The van der Waals surface area contributed by atoms with Crippen LogP contribution in [0.25, 0.3) is 10.9 Å². The minimum Gasteiger partial charge on any atom is -0.381 e. The maximum atomic E-state index is 12.1. The number of pyridine rings is 1. The molecule has 3 aromatic rings. The number of nitrogens with one attached hydrogen (secondary N) is 2. The standard InChI is InChI=1S/C17H16N2O/c1-12-6-5-7-13-10-14(17(20)19-16(12)13)11-18-15-8-3-2-4-9-15/h2-10,18H,11H2,1H3,(H,19,20). The van der Waals surface area contributed by atoms with Crippen LogP contribution in [0.3, 0.4) is 0 Å². The van der Waals surface area contributed by atoms with Crippen molar-refractivity contribution in [3.63, 3.8) is 0 Å². The molecule has 0 bridgehead atoms. The number of anilines is 1. The summed E-state index contributed by atoms with van der Waals surface area (Å²) >= 11 is 0. The van der Waals surface area contributed by atoms with Crippen LogP contribution in [0.15, 0.2) is 59.4 Å². The number of fused-ring (bicyclic) bond motifs is 1. The summed E-state index contributed by atoms with van der Waals surface area (Å²) in [6.07, 6.45) is 0. The SMILES string of the molecule is Cc1cccc2cc(CNc3ccccc3)c(=O)[nH]c12. The van der Waals surface area contributed by atoms with Gasteiger partial charge in [0.25, 0.3) is 5.56 Å². The lowest BCUT2D eigenvalue weighted by Crippen LogP contribution is -2.15. The van der Waals surface area contributed by atoms with E-state index in [0.717, 1.165) is 27.7 Å². The molecule has 0 aliphatic rings. The molecule has 0 amide bonds. The van der Waals surface area contributed by atoms with E-state index in [1.54, 1.807) is 0 Å². The van der Waals surface area contributed by atoms with Crippen molar-refractivity contribution in [1.82, 2.24) is 4.98 Å². The van der Waals surface area contributed by atoms with E-state index in [4.69, 9.17) is 0 Å². The number of aryl methyl sites for hydroxylation is 1. The fourth-order valence-electron chi connectivity index (χ4n) is 2.31. The number of hydrogen-bond acceptors (Lipinski definition) is 2. The molecule has 0 fully saturated rings. The number of aromatic amines is 1. The van der Waals surface area contributed by atoms with Gasteiger partial charge in [0, 0.05) is 17.8 Å². The highest BCUT2D eigenvalue weighted by Crippen LogP contribution is 2.15. The highest BCUT2D eigenvalue weighted by Gasteiger charge is 2.04. The van der Waals surface area contributed by atoms with Crippen molar-refractivity contribution in [3.8, 4) is 0 Å². The van der Waals surface area contributed by atoms with Crippen molar-refractivity contribution in [2.24, 2.45) is 0 Å². The van der Waals surface area contributed by atoms with Gasteiger partial charge in [0.2, 0.25) is 0 Å². The first-order valence-electron chi connectivity index (χ1n) is 6.64. The maximum absolute atomic E-state index is 12.1. The average molecular weight is 264 g/mol. The molecule has 3 heteroatoms. The summed E-state index contributed by atoms with van der Waals surface area (Å²) < 4.78 is 0. The van der Waals surface area contributed by atoms with Gasteiger partial charge in [0.05, 0.1) is 5.52 Å². The van der Waals surface area contributed by atoms with Crippen molar-refractivity contribution >= 4 is 16.6 Å². The largest absolute Gasteiger partial charge is 0.381 e. The third-order valence-corrected chi connectivity index (χ3v) is 3.42. The lowest BCUT2D eigenvalue weighted by molar-refractivity contribution is 1.09. The van der Waals surface area contributed by atoms with Crippen LogP contribution >= 0.6 is 0 Å². The molecule has 1 heterocycles. The Kier molecular flexibility index (Phi) is 3.25. The molecule has 3 nitrogen and oxygen atoms in total. The Bertz CT molecular complexity index is 791. The van der Waals surface area contributed by atoms with Gasteiger partial charge in [-0.2, -0.15) is 0 Å². The van der Waals surface area contributed by atoms with Crippen molar-refractivity contribution in [1.29, 1.82) is 0 Å². The van der Waals surface area contributed by atoms with Crippen LogP contribution in [-0.2, 0) is 6.54 Å². The first-order chi connectivity index (χ1) is 9.74. The van der Waals surface area contributed by atoms with Gasteiger partial charge < -0.3 is 10.3 Å². The molecule has 0 saturated carbocycles. The second-order valence-electron chi connectivity index (χ2n) is 4.88. The Balaban J connectivity index is 1.92. The van der Waals surface area contributed by atoms with Crippen molar-refractivity contribution in [2.75, 3.05) is 5.32 Å². The molecule has 3 rings (SSSR count). The topological polar surface area (TPSA) is 44.9 Å². The Morgan fingerprint density at radius 1 is 1.05 bits per heavy atom. The predicted molar refractivity (Wildman–Crippen MR) is 83.1 cm³/mol. The average Bonchev–Trinajstić information content (AvgIpc) is 2.47. The van der Waals surface area contributed by atoms with Crippen LogP contribution in [0.4, 0.5) is 5.69 Å². The Labute approximate surface area is 117 Å². The zero-order valence-corrected chi connectivity index (χ0v) is 11.3. The number of H-pyrrole nitrogens is 1. The lowest BCUT2D eigenvalue weighted by Gasteiger charge is -2.08. The summed E-state index contributed by atoms with van der Waals surface area (Å²) in [6.45, 7) is 2.52. The summed E-state index contributed by atoms with van der Waals surface area (Å²) in [7, 11) is 0. The van der Waals surface area contributed by atoms with Crippen molar-refractivity contribution < 1.29 is 0 Å². The second kappa shape index (κ2) is 5.21. The van der Waals surface area contributed by atoms with Crippen LogP contribution in [0.1, 0.15) is 11.1 Å². The molecule has 0 radical (unpaired) electrons. The van der Waals surface area contributed by atoms with Crippen molar-refractivity contribution in [3.05, 3.63) is 76.1 Å². The third kappa shape index (κ3) is 2.43. The summed E-state index contributed by atoms with van der Waals surface area (Å²) in [6, 6.07) is 17.9. The quantitative estimate of drug-likeness (QED) is 0.761. The van der Waals surface area contributed by atoms with Gasteiger partial charge in [-0.25, -0.2) is 0 Å². The first kappa shape index (κ1) is 12.5. The zero-order valence-electron chi connectivity index (χ0n) is 11.3. The van der Waals surface area contributed by atoms with Crippen LogP contribution in [0, 0.1) is 6.92 Å². The molecule has 0 spiro atoms. The maximum Gasteiger partial charge on any atom is 0.253 e. The molecule has 0 aliphatic carbocycles. The van der Waals surface area contributed by atoms with E-state index < -0.39 is 0 Å². The number of rotatable bonds is 3. The molecule has 0 saturated heterocycles. The van der Waals surface area contributed by atoms with E-state index in [1.165, 1.54) is 0 Å². The highest BCUT2D eigenvalue weighted by atomic mass is 16.1. The van der Waals surface area contributed by atoms with Gasteiger partial charge in [-0.15, -0.1) is 0 Å². The van der Waals surface area contributed by atoms with Crippen LogP contribution < -0.4 is 10.9 Å². The molecular weight excluding hydrogens is 248 g/mol. The molecule has 0 aliphatic heterocycles. The summed E-state index contributed by atoms with van der Waals surface area (Å²) in [5.74, 6) is 0. The minimum absolute atomic E-state index is 0.0322. The molecule has 100 valence electrons. The molecule has 0 unspecified atom stereocenters. The summed E-state index contributed by atoms with van der Waals surface area (Å²) in [4.78, 5) is 15.1.